The normalized spacial score (nSPS) is 11.9. The number of aromatic nitrogens is 1. The Hall–Kier alpha value is -8.55. The summed E-state index contributed by atoms with van der Waals surface area (Å²) in [6.45, 7) is 0. The zero-order chi connectivity index (χ0) is 40.7. The van der Waals surface area contributed by atoms with Crippen molar-refractivity contribution < 1.29 is 17.7 Å². The Morgan fingerprint density at radius 3 is 1.40 bits per heavy atom. The van der Waals surface area contributed by atoms with Gasteiger partial charge < -0.3 is 27.5 Å². The van der Waals surface area contributed by atoms with Crippen LogP contribution >= 0.6 is 0 Å². The van der Waals surface area contributed by atoms with Crippen LogP contribution in [0, 0.1) is 0 Å². The minimum Gasteiger partial charge on any atom is -0.456 e. The van der Waals surface area contributed by atoms with Crippen molar-refractivity contribution in [3.05, 3.63) is 200 Å². The SMILES string of the molecule is c1ccc(N(c2cc(N(c3ccccc3)c3ccc4oc5ccccc5c4c3)c3oc(-c4ccc5c(c4)oc4ccccc45)nc3c2)c2ccc3oc4ccccc4c3c2)cc1. The van der Waals surface area contributed by atoms with Gasteiger partial charge in [-0.25, -0.2) is 4.98 Å². The maximum atomic E-state index is 6.97. The second-order valence-corrected chi connectivity index (χ2v) is 15.5. The molecule has 62 heavy (non-hydrogen) atoms. The molecule has 0 atom stereocenters. The smallest absolute Gasteiger partial charge is 0.227 e. The second kappa shape index (κ2) is 13.5. The molecule has 9 aromatic carbocycles. The van der Waals surface area contributed by atoms with Crippen LogP contribution < -0.4 is 9.80 Å². The molecule has 13 aromatic rings. The minimum atomic E-state index is 0.489. The standard InChI is InChI=1S/C55H33N3O4/c1-3-13-35(14-4-1)57(37-24-27-51-44(30-37)41-18-8-11-21-49(41)59-51)39-32-46-54(62-55(56-46)34-23-26-43-40-17-7-10-20-48(40)61-53(43)29-34)47(33-39)58(36-15-5-2-6-16-36)38-25-28-52-45(31-38)42-19-9-12-22-50(42)60-52/h1-33H. The third kappa shape index (κ3) is 5.42. The maximum absolute atomic E-state index is 6.97. The highest BCUT2D eigenvalue weighted by Crippen LogP contribution is 2.47. The van der Waals surface area contributed by atoms with E-state index < -0.39 is 0 Å². The first-order chi connectivity index (χ1) is 30.7. The van der Waals surface area contributed by atoms with E-state index in [0.717, 1.165) is 106 Å². The number of furan rings is 3. The van der Waals surface area contributed by atoms with Gasteiger partial charge in [-0.1, -0.05) is 91.0 Å². The van der Waals surface area contributed by atoms with Crippen LogP contribution in [0.25, 0.3) is 88.4 Å². The third-order valence-electron chi connectivity index (χ3n) is 11.8. The number of para-hydroxylation sites is 5. The fourth-order valence-corrected chi connectivity index (χ4v) is 9.01. The minimum absolute atomic E-state index is 0.489. The summed E-state index contributed by atoms with van der Waals surface area (Å²) in [7, 11) is 0. The Bertz CT molecular complexity index is 3840. The van der Waals surface area contributed by atoms with Crippen molar-refractivity contribution in [1.82, 2.24) is 4.98 Å². The molecule has 0 aliphatic carbocycles. The molecule has 0 saturated heterocycles. The van der Waals surface area contributed by atoms with Gasteiger partial charge in [-0.2, -0.15) is 0 Å². The first-order valence-corrected chi connectivity index (χ1v) is 20.6. The number of anilines is 6. The van der Waals surface area contributed by atoms with Gasteiger partial charge in [0.2, 0.25) is 5.89 Å². The van der Waals surface area contributed by atoms with Gasteiger partial charge in [-0.05, 0) is 109 Å². The molecular formula is C55H33N3O4. The summed E-state index contributed by atoms with van der Waals surface area (Å²) in [5, 5.41) is 6.29. The average Bonchev–Trinajstić information content (AvgIpc) is 4.11. The Morgan fingerprint density at radius 1 is 0.306 bits per heavy atom. The zero-order valence-corrected chi connectivity index (χ0v) is 33.0. The molecule has 0 N–H and O–H groups in total. The zero-order valence-electron chi connectivity index (χ0n) is 33.0. The van der Waals surface area contributed by atoms with E-state index in [4.69, 9.17) is 22.7 Å². The van der Waals surface area contributed by atoms with Crippen LogP contribution in [0.15, 0.2) is 218 Å². The predicted octanol–water partition coefficient (Wildman–Crippen LogP) is 16.1. The molecule has 0 radical (unpaired) electrons. The molecule has 7 heteroatoms. The van der Waals surface area contributed by atoms with Gasteiger partial charge in [-0.3, -0.25) is 0 Å². The second-order valence-electron chi connectivity index (χ2n) is 15.5. The molecule has 0 amide bonds. The van der Waals surface area contributed by atoms with E-state index in [1.54, 1.807) is 0 Å². The Balaban J connectivity index is 1.08. The molecule has 0 aliphatic rings. The molecule has 0 fully saturated rings. The molecular weight excluding hydrogens is 767 g/mol. The van der Waals surface area contributed by atoms with Crippen molar-refractivity contribution in [2.45, 2.75) is 0 Å². The molecule has 13 rings (SSSR count). The van der Waals surface area contributed by atoms with Gasteiger partial charge in [-0.15, -0.1) is 0 Å². The number of fused-ring (bicyclic) bond motifs is 10. The fourth-order valence-electron chi connectivity index (χ4n) is 9.01. The molecule has 7 nitrogen and oxygen atoms in total. The largest absolute Gasteiger partial charge is 0.456 e. The molecule has 0 bridgehead atoms. The van der Waals surface area contributed by atoms with Crippen LogP contribution in [-0.4, -0.2) is 4.98 Å². The number of hydrogen-bond donors (Lipinski definition) is 0. The molecule has 4 heterocycles. The lowest BCUT2D eigenvalue weighted by molar-refractivity contribution is 0.619. The van der Waals surface area contributed by atoms with Crippen molar-refractivity contribution >= 4 is 111 Å². The van der Waals surface area contributed by atoms with E-state index in [9.17, 15) is 0 Å². The van der Waals surface area contributed by atoms with Gasteiger partial charge in [0, 0.05) is 60.6 Å². The van der Waals surface area contributed by atoms with Gasteiger partial charge in [0.15, 0.2) is 5.58 Å². The summed E-state index contributed by atoms with van der Waals surface area (Å²) in [6, 6.07) is 68.5. The molecule has 0 saturated carbocycles. The first kappa shape index (κ1) is 34.3. The molecule has 0 spiro atoms. The molecule has 292 valence electrons. The summed E-state index contributed by atoms with van der Waals surface area (Å²) < 4.78 is 25.9. The van der Waals surface area contributed by atoms with Crippen LogP contribution in [0.3, 0.4) is 0 Å². The Morgan fingerprint density at radius 2 is 0.790 bits per heavy atom. The number of hydrogen-bond acceptors (Lipinski definition) is 7. The Labute approximate surface area is 353 Å². The lowest BCUT2D eigenvalue weighted by Crippen LogP contribution is -2.13. The predicted molar refractivity (Wildman–Crippen MR) is 251 cm³/mol. The number of oxazole rings is 1. The van der Waals surface area contributed by atoms with Gasteiger partial charge in [0.1, 0.15) is 39.0 Å². The van der Waals surface area contributed by atoms with Crippen molar-refractivity contribution in [2.24, 2.45) is 0 Å². The summed E-state index contributed by atoms with van der Waals surface area (Å²) in [5.74, 6) is 0.489. The number of nitrogens with zero attached hydrogens (tertiary/aromatic N) is 3. The van der Waals surface area contributed by atoms with Crippen molar-refractivity contribution in [3.8, 4) is 11.5 Å². The highest BCUT2D eigenvalue weighted by Gasteiger charge is 2.25. The topological polar surface area (TPSA) is 71.9 Å². The average molecular weight is 800 g/mol. The van der Waals surface area contributed by atoms with Crippen molar-refractivity contribution in [2.75, 3.05) is 9.80 Å². The third-order valence-corrected chi connectivity index (χ3v) is 11.8. The highest BCUT2D eigenvalue weighted by molar-refractivity contribution is 6.09. The van der Waals surface area contributed by atoms with Crippen molar-refractivity contribution in [3.63, 3.8) is 0 Å². The maximum Gasteiger partial charge on any atom is 0.227 e. The van der Waals surface area contributed by atoms with Crippen LogP contribution in [0.1, 0.15) is 0 Å². The van der Waals surface area contributed by atoms with E-state index >= 15 is 0 Å². The summed E-state index contributed by atoms with van der Waals surface area (Å²) >= 11 is 0. The summed E-state index contributed by atoms with van der Waals surface area (Å²) in [4.78, 5) is 9.80. The van der Waals surface area contributed by atoms with E-state index in [2.05, 4.69) is 143 Å². The molecule has 4 aromatic heterocycles. The first-order valence-electron chi connectivity index (χ1n) is 20.6. The summed E-state index contributed by atoms with van der Waals surface area (Å²) in [5.41, 5.74) is 12.7. The lowest BCUT2D eigenvalue weighted by Gasteiger charge is -2.29. The number of rotatable bonds is 7. The van der Waals surface area contributed by atoms with Gasteiger partial charge >= 0.3 is 0 Å². The highest BCUT2D eigenvalue weighted by atomic mass is 16.4. The quantitative estimate of drug-likeness (QED) is 0.159. The van der Waals surface area contributed by atoms with Crippen LogP contribution in [0.5, 0.6) is 0 Å². The van der Waals surface area contributed by atoms with Crippen LogP contribution in [0.2, 0.25) is 0 Å². The lowest BCUT2D eigenvalue weighted by atomic mass is 10.1. The van der Waals surface area contributed by atoms with Crippen molar-refractivity contribution in [1.29, 1.82) is 0 Å². The van der Waals surface area contributed by atoms with E-state index in [0.29, 0.717) is 17.0 Å². The Kier molecular flexibility index (Phi) is 7.47. The van der Waals surface area contributed by atoms with Crippen LogP contribution in [-0.2, 0) is 0 Å². The number of benzene rings is 9. The molecule has 0 aliphatic heterocycles. The van der Waals surface area contributed by atoms with Gasteiger partial charge in [0.25, 0.3) is 0 Å². The fraction of sp³-hybridized carbons (Fsp3) is 0. The van der Waals surface area contributed by atoms with Crippen LogP contribution in [0.4, 0.5) is 34.1 Å². The monoisotopic (exact) mass is 799 g/mol. The van der Waals surface area contributed by atoms with E-state index in [1.165, 1.54) is 0 Å². The summed E-state index contributed by atoms with van der Waals surface area (Å²) in [6.07, 6.45) is 0. The van der Waals surface area contributed by atoms with E-state index in [-0.39, 0.29) is 0 Å². The van der Waals surface area contributed by atoms with Gasteiger partial charge in [0.05, 0.1) is 11.4 Å². The molecule has 0 unspecified atom stereocenters. The van der Waals surface area contributed by atoms with E-state index in [1.807, 2.05) is 66.7 Å².